The Labute approximate surface area is 103 Å². The molecule has 1 heteroatoms. The van der Waals surface area contributed by atoms with Crippen LogP contribution in [0, 0.1) is 11.3 Å². The summed E-state index contributed by atoms with van der Waals surface area (Å²) in [4.78, 5) is 0. The third-order valence-corrected chi connectivity index (χ3v) is 2.91. The monoisotopic (exact) mass is 228 g/mol. The first-order valence-electron chi connectivity index (χ1n) is 6.95. The summed E-state index contributed by atoms with van der Waals surface area (Å²) in [6.07, 6.45) is 6.96. The molecule has 0 aliphatic rings. The van der Waals surface area contributed by atoms with Gasteiger partial charge < -0.3 is 4.74 Å². The van der Waals surface area contributed by atoms with E-state index in [0.717, 1.165) is 12.5 Å². The highest BCUT2D eigenvalue weighted by molar-refractivity contribution is 4.70. The highest BCUT2D eigenvalue weighted by Gasteiger charge is 2.18. The summed E-state index contributed by atoms with van der Waals surface area (Å²) < 4.78 is 5.54. The van der Waals surface area contributed by atoms with Crippen LogP contribution in [0.25, 0.3) is 0 Å². The van der Waals surface area contributed by atoms with Gasteiger partial charge in [-0.3, -0.25) is 0 Å². The summed E-state index contributed by atoms with van der Waals surface area (Å²) >= 11 is 0. The van der Waals surface area contributed by atoms with Gasteiger partial charge in [-0.25, -0.2) is 0 Å². The average molecular weight is 228 g/mol. The van der Waals surface area contributed by atoms with Crippen molar-refractivity contribution < 1.29 is 4.74 Å². The molecule has 0 atom stereocenters. The van der Waals surface area contributed by atoms with Crippen molar-refractivity contribution in [3.05, 3.63) is 0 Å². The van der Waals surface area contributed by atoms with Gasteiger partial charge in [-0.2, -0.15) is 0 Å². The van der Waals surface area contributed by atoms with Crippen molar-refractivity contribution >= 4 is 0 Å². The Balaban J connectivity index is 3.43. The first-order valence-corrected chi connectivity index (χ1v) is 6.95. The molecule has 0 aliphatic carbocycles. The third kappa shape index (κ3) is 10.5. The summed E-state index contributed by atoms with van der Waals surface area (Å²) in [5.41, 5.74) is 0.521. The molecule has 1 nitrogen and oxygen atoms in total. The van der Waals surface area contributed by atoms with Gasteiger partial charge in [-0.1, -0.05) is 40.5 Å². The summed E-state index contributed by atoms with van der Waals surface area (Å²) in [5, 5.41) is 0. The Kier molecular flexibility index (Phi) is 8.09. The number of hydrogen-bond acceptors (Lipinski definition) is 1. The van der Waals surface area contributed by atoms with Gasteiger partial charge in [-0.15, -0.1) is 0 Å². The zero-order chi connectivity index (χ0) is 12.6. The van der Waals surface area contributed by atoms with Crippen LogP contribution in [0.3, 0.4) is 0 Å². The van der Waals surface area contributed by atoms with Gasteiger partial charge in [0, 0.05) is 6.61 Å². The van der Waals surface area contributed by atoms with Crippen molar-refractivity contribution in [2.75, 3.05) is 6.61 Å². The lowest BCUT2D eigenvalue weighted by molar-refractivity contribution is 0.0750. The molecule has 0 unspecified atom stereocenters. The van der Waals surface area contributed by atoms with Crippen LogP contribution in [0.15, 0.2) is 0 Å². The predicted octanol–water partition coefficient (Wildman–Crippen LogP) is 5.04. The molecule has 98 valence electrons. The second-order valence-corrected chi connectivity index (χ2v) is 6.49. The fourth-order valence-electron chi connectivity index (χ4n) is 2.41. The molecule has 0 spiro atoms. The average Bonchev–Trinajstić information content (AvgIpc) is 2.08. The van der Waals surface area contributed by atoms with Gasteiger partial charge in [-0.05, 0) is 44.4 Å². The quantitative estimate of drug-likeness (QED) is 0.502. The van der Waals surface area contributed by atoms with E-state index in [9.17, 15) is 0 Å². The van der Waals surface area contributed by atoms with Crippen LogP contribution >= 0.6 is 0 Å². The van der Waals surface area contributed by atoms with Gasteiger partial charge in [0.25, 0.3) is 0 Å². The van der Waals surface area contributed by atoms with Crippen LogP contribution in [-0.4, -0.2) is 12.7 Å². The molecule has 0 amide bonds. The number of unbranched alkanes of at least 4 members (excludes halogenated alkanes) is 2. The summed E-state index contributed by atoms with van der Waals surface area (Å²) in [5.74, 6) is 0.819. The summed E-state index contributed by atoms with van der Waals surface area (Å²) in [6.45, 7) is 14.6. The number of ether oxygens (including phenoxy) is 1. The standard InChI is InChI=1S/C15H32O/c1-13(2)12-15(5,6)10-8-7-9-11-16-14(3)4/h13-14H,7-12H2,1-6H3. The fourth-order valence-corrected chi connectivity index (χ4v) is 2.41. The molecule has 0 heterocycles. The maximum absolute atomic E-state index is 5.54. The van der Waals surface area contributed by atoms with Crippen molar-refractivity contribution in [3.8, 4) is 0 Å². The second-order valence-electron chi connectivity index (χ2n) is 6.49. The second kappa shape index (κ2) is 8.11. The Hall–Kier alpha value is -0.0400. The molecule has 16 heavy (non-hydrogen) atoms. The zero-order valence-electron chi connectivity index (χ0n) is 12.3. The third-order valence-electron chi connectivity index (χ3n) is 2.91. The highest BCUT2D eigenvalue weighted by Crippen LogP contribution is 2.31. The van der Waals surface area contributed by atoms with E-state index in [-0.39, 0.29) is 0 Å². The Morgan fingerprint density at radius 3 is 2.06 bits per heavy atom. The molecule has 0 saturated carbocycles. The Bertz CT molecular complexity index is 159. The van der Waals surface area contributed by atoms with Crippen LogP contribution < -0.4 is 0 Å². The Morgan fingerprint density at radius 1 is 0.938 bits per heavy atom. The van der Waals surface area contributed by atoms with E-state index in [1.165, 1.54) is 32.1 Å². The molecule has 0 saturated heterocycles. The number of hydrogen-bond donors (Lipinski definition) is 0. The molecule has 0 aromatic carbocycles. The van der Waals surface area contributed by atoms with Crippen LogP contribution in [-0.2, 0) is 4.74 Å². The minimum absolute atomic E-state index is 0.386. The van der Waals surface area contributed by atoms with E-state index in [1.54, 1.807) is 0 Å². The lowest BCUT2D eigenvalue weighted by Crippen LogP contribution is -2.14. The van der Waals surface area contributed by atoms with Crippen LogP contribution in [0.1, 0.15) is 73.6 Å². The van der Waals surface area contributed by atoms with Crippen LogP contribution in [0.4, 0.5) is 0 Å². The molecular formula is C15H32O. The first-order chi connectivity index (χ1) is 7.33. The van der Waals surface area contributed by atoms with E-state index in [4.69, 9.17) is 4.74 Å². The normalized spacial score (nSPS) is 12.8. The number of rotatable bonds is 9. The summed E-state index contributed by atoms with van der Waals surface area (Å²) in [7, 11) is 0. The smallest absolute Gasteiger partial charge is 0.0518 e. The van der Waals surface area contributed by atoms with Crippen molar-refractivity contribution in [1.29, 1.82) is 0 Å². The SMILES string of the molecule is CC(C)CC(C)(C)CCCCCOC(C)C. The molecule has 0 fully saturated rings. The van der Waals surface area contributed by atoms with Crippen LogP contribution in [0.2, 0.25) is 0 Å². The predicted molar refractivity (Wildman–Crippen MR) is 72.8 cm³/mol. The van der Waals surface area contributed by atoms with E-state index in [1.807, 2.05) is 0 Å². The minimum Gasteiger partial charge on any atom is -0.379 e. The van der Waals surface area contributed by atoms with E-state index in [2.05, 4.69) is 41.5 Å². The minimum atomic E-state index is 0.386. The maximum atomic E-state index is 5.54. The molecule has 0 aromatic rings. The molecule has 0 aliphatic heterocycles. The molecular weight excluding hydrogens is 196 g/mol. The van der Waals surface area contributed by atoms with Gasteiger partial charge in [0.15, 0.2) is 0 Å². The van der Waals surface area contributed by atoms with Crippen molar-refractivity contribution in [3.63, 3.8) is 0 Å². The molecule has 0 N–H and O–H groups in total. The lowest BCUT2D eigenvalue weighted by Gasteiger charge is -2.26. The molecule has 0 aromatic heterocycles. The fraction of sp³-hybridized carbons (Fsp3) is 1.00. The van der Waals surface area contributed by atoms with E-state index in [0.29, 0.717) is 11.5 Å². The van der Waals surface area contributed by atoms with Gasteiger partial charge in [0.2, 0.25) is 0 Å². The topological polar surface area (TPSA) is 9.23 Å². The van der Waals surface area contributed by atoms with E-state index < -0.39 is 0 Å². The summed E-state index contributed by atoms with van der Waals surface area (Å²) in [6, 6.07) is 0. The Morgan fingerprint density at radius 2 is 1.56 bits per heavy atom. The van der Waals surface area contributed by atoms with Gasteiger partial charge in [0.05, 0.1) is 6.10 Å². The van der Waals surface area contributed by atoms with Crippen LogP contribution in [0.5, 0.6) is 0 Å². The lowest BCUT2D eigenvalue weighted by atomic mass is 9.80. The van der Waals surface area contributed by atoms with Crippen molar-refractivity contribution in [2.24, 2.45) is 11.3 Å². The molecule has 0 radical (unpaired) electrons. The van der Waals surface area contributed by atoms with Crippen molar-refractivity contribution in [1.82, 2.24) is 0 Å². The molecule has 0 rings (SSSR count). The molecule has 0 bridgehead atoms. The van der Waals surface area contributed by atoms with E-state index >= 15 is 0 Å². The largest absolute Gasteiger partial charge is 0.379 e. The van der Waals surface area contributed by atoms with Crippen molar-refractivity contribution in [2.45, 2.75) is 79.8 Å². The van der Waals surface area contributed by atoms with Gasteiger partial charge in [0.1, 0.15) is 0 Å². The zero-order valence-corrected chi connectivity index (χ0v) is 12.3. The first kappa shape index (κ1) is 16.0. The maximum Gasteiger partial charge on any atom is 0.0518 e. The van der Waals surface area contributed by atoms with Gasteiger partial charge >= 0.3 is 0 Å². The highest BCUT2D eigenvalue weighted by atomic mass is 16.5.